The van der Waals surface area contributed by atoms with Crippen molar-refractivity contribution in [1.29, 1.82) is 0 Å². The monoisotopic (exact) mass is 456 g/mol. The molecule has 1 fully saturated rings. The number of rotatable bonds is 8. The Hall–Kier alpha value is -2.57. The van der Waals surface area contributed by atoms with Crippen molar-refractivity contribution in [3.8, 4) is 5.75 Å². The minimum absolute atomic E-state index is 0.260. The highest BCUT2D eigenvalue weighted by atomic mass is 32.2. The van der Waals surface area contributed by atoms with Crippen LogP contribution in [0.5, 0.6) is 5.75 Å². The highest BCUT2D eigenvalue weighted by molar-refractivity contribution is 7.92. The molecule has 1 spiro atoms. The number of oxime groups is 1. The maximum Gasteiger partial charge on any atom is 0.404 e. The van der Waals surface area contributed by atoms with Crippen molar-refractivity contribution in [2.45, 2.75) is 24.9 Å². The maximum absolute atomic E-state index is 11.5. The molecule has 0 aromatic heterocycles. The van der Waals surface area contributed by atoms with Crippen LogP contribution in [0, 0.1) is 0 Å². The van der Waals surface area contributed by atoms with Gasteiger partial charge < -0.3 is 30.0 Å². The third-order valence-corrected chi connectivity index (χ3v) is 5.98. The molecule has 172 valence electrons. The summed E-state index contributed by atoms with van der Waals surface area (Å²) in [6.07, 6.45) is 1.94. The van der Waals surface area contributed by atoms with Gasteiger partial charge in [-0.1, -0.05) is 5.16 Å². The number of hydrogen-bond donors (Lipinski definition) is 4. The zero-order valence-corrected chi connectivity index (χ0v) is 18.2. The van der Waals surface area contributed by atoms with Crippen LogP contribution >= 0.6 is 0 Å². The Kier molecular flexibility index (Phi) is 7.23. The second kappa shape index (κ2) is 9.71. The van der Waals surface area contributed by atoms with Crippen LogP contribution in [0.15, 0.2) is 23.4 Å². The predicted molar refractivity (Wildman–Crippen MR) is 114 cm³/mol. The van der Waals surface area contributed by atoms with E-state index in [1.54, 1.807) is 18.2 Å². The topological polar surface area (TPSA) is 150 Å². The van der Waals surface area contributed by atoms with Crippen LogP contribution < -0.4 is 14.8 Å². The molecule has 1 saturated heterocycles. The Balaban J connectivity index is 1.55. The van der Waals surface area contributed by atoms with Crippen molar-refractivity contribution < 1.29 is 33.0 Å². The number of likely N-dealkylation sites (tertiary alicyclic amines) is 1. The van der Waals surface area contributed by atoms with E-state index < -0.39 is 21.7 Å². The van der Waals surface area contributed by atoms with Gasteiger partial charge in [-0.3, -0.25) is 4.72 Å². The third-order valence-electron chi connectivity index (χ3n) is 5.37. The molecule has 0 unspecified atom stereocenters. The zero-order valence-electron chi connectivity index (χ0n) is 17.3. The van der Waals surface area contributed by atoms with Gasteiger partial charge >= 0.3 is 6.09 Å². The summed E-state index contributed by atoms with van der Waals surface area (Å²) in [5.74, 6) is 0.570. The predicted octanol–water partition coefficient (Wildman–Crippen LogP) is 1.14. The van der Waals surface area contributed by atoms with Gasteiger partial charge in [0, 0.05) is 56.7 Å². The van der Waals surface area contributed by atoms with Crippen LogP contribution in [-0.4, -0.2) is 86.7 Å². The quantitative estimate of drug-likeness (QED) is 0.258. The molecular weight excluding hydrogens is 428 g/mol. The fourth-order valence-electron chi connectivity index (χ4n) is 3.87. The van der Waals surface area contributed by atoms with E-state index in [0.29, 0.717) is 42.3 Å². The first kappa shape index (κ1) is 23.1. The van der Waals surface area contributed by atoms with E-state index in [2.05, 4.69) is 20.1 Å². The average molecular weight is 457 g/mol. The summed E-state index contributed by atoms with van der Waals surface area (Å²) in [7, 11) is -3.42. The molecule has 0 aliphatic carbocycles. The molecule has 0 saturated carbocycles. The number of fused-ring (bicyclic) bond motifs is 1. The zero-order chi connectivity index (χ0) is 22.5. The van der Waals surface area contributed by atoms with Gasteiger partial charge in [0.1, 0.15) is 11.4 Å². The first-order valence-electron chi connectivity index (χ1n) is 9.99. The van der Waals surface area contributed by atoms with E-state index in [4.69, 9.17) is 14.6 Å². The number of sulfonamides is 1. The number of nitrogens with zero attached hydrogens (tertiary/aromatic N) is 2. The number of nitrogens with one attached hydrogen (secondary N) is 2. The summed E-state index contributed by atoms with van der Waals surface area (Å²) in [4.78, 5) is 12.6. The number of carbonyl (C=O) groups is 1. The van der Waals surface area contributed by atoms with Gasteiger partial charge in [0.2, 0.25) is 10.0 Å². The van der Waals surface area contributed by atoms with E-state index in [1.807, 2.05) is 0 Å². The van der Waals surface area contributed by atoms with Gasteiger partial charge in [0.05, 0.1) is 25.2 Å². The molecule has 31 heavy (non-hydrogen) atoms. The molecule has 1 aromatic rings. The molecule has 0 atom stereocenters. The molecule has 0 radical (unpaired) electrons. The molecule has 1 amide bonds. The second-order valence-electron chi connectivity index (χ2n) is 7.78. The van der Waals surface area contributed by atoms with Crippen LogP contribution in [0.3, 0.4) is 0 Å². The molecule has 2 heterocycles. The van der Waals surface area contributed by atoms with Crippen molar-refractivity contribution in [2.24, 2.45) is 5.16 Å². The van der Waals surface area contributed by atoms with Crippen LogP contribution in [0.25, 0.3) is 0 Å². The van der Waals surface area contributed by atoms with Crippen molar-refractivity contribution in [1.82, 2.24) is 10.2 Å². The molecule has 3 rings (SSSR count). The van der Waals surface area contributed by atoms with Crippen molar-refractivity contribution in [2.75, 3.05) is 50.4 Å². The van der Waals surface area contributed by atoms with Gasteiger partial charge in [0.25, 0.3) is 0 Å². The lowest BCUT2D eigenvalue weighted by Gasteiger charge is -2.44. The first-order chi connectivity index (χ1) is 14.7. The number of piperidine rings is 1. The average Bonchev–Trinajstić information content (AvgIpc) is 2.70. The van der Waals surface area contributed by atoms with E-state index in [-0.39, 0.29) is 6.54 Å². The minimum atomic E-state index is -3.42. The Morgan fingerprint density at radius 2 is 2.06 bits per heavy atom. The van der Waals surface area contributed by atoms with Crippen molar-refractivity contribution in [3.05, 3.63) is 23.8 Å². The molecule has 0 bridgehead atoms. The number of ether oxygens (including phenoxy) is 2. The van der Waals surface area contributed by atoms with Crippen molar-refractivity contribution >= 4 is 27.5 Å². The van der Waals surface area contributed by atoms with Crippen LogP contribution in [0.1, 0.15) is 24.8 Å². The Labute approximate surface area is 181 Å². The Bertz CT molecular complexity index is 927. The highest BCUT2D eigenvalue weighted by Gasteiger charge is 2.42. The Morgan fingerprint density at radius 1 is 1.32 bits per heavy atom. The Morgan fingerprint density at radius 3 is 2.71 bits per heavy atom. The van der Waals surface area contributed by atoms with Crippen molar-refractivity contribution in [3.63, 3.8) is 0 Å². The largest absolute Gasteiger partial charge is 0.486 e. The summed E-state index contributed by atoms with van der Waals surface area (Å²) >= 11 is 0. The number of benzene rings is 1. The summed E-state index contributed by atoms with van der Waals surface area (Å²) in [6.45, 7) is 3.42. The normalized spacial score (nSPS) is 19.6. The number of carboxylic acid groups (broad SMARTS) is 1. The smallest absolute Gasteiger partial charge is 0.404 e. The number of anilines is 1. The van der Waals surface area contributed by atoms with Gasteiger partial charge in [-0.25, -0.2) is 13.2 Å². The first-order valence-corrected chi connectivity index (χ1v) is 11.9. The van der Waals surface area contributed by atoms with Gasteiger partial charge in [-0.05, 0) is 18.2 Å². The fraction of sp³-hybridized carbons (Fsp3) is 0.579. The van der Waals surface area contributed by atoms with Crippen LogP contribution in [0.2, 0.25) is 0 Å². The second-order valence-corrected chi connectivity index (χ2v) is 9.53. The summed E-state index contributed by atoms with van der Waals surface area (Å²) in [5.41, 5.74) is 0.965. The van der Waals surface area contributed by atoms with E-state index in [9.17, 15) is 18.4 Å². The molecule has 1 aromatic carbocycles. The van der Waals surface area contributed by atoms with Gasteiger partial charge in [-0.15, -0.1) is 0 Å². The third kappa shape index (κ3) is 6.45. The maximum atomic E-state index is 11.5. The minimum Gasteiger partial charge on any atom is -0.486 e. The molecule has 4 N–H and O–H groups in total. The van der Waals surface area contributed by atoms with E-state index >= 15 is 0 Å². The fourth-order valence-corrected chi connectivity index (χ4v) is 4.42. The SMILES string of the molecule is CS(=O)(=O)Nc1ccc2c(c1)/C(=N/O)CC1(CCN(CCOCCNC(=O)O)CC1)O2. The molecular formula is C19H28N4O7S. The number of hydrogen-bond acceptors (Lipinski definition) is 8. The number of amides is 1. The lowest BCUT2D eigenvalue weighted by molar-refractivity contribution is -0.00501. The standard InChI is InChI=1S/C19H28N4O7S/c1-31(27,28)22-14-2-3-17-15(12-14)16(21-26)13-19(30-17)4-7-23(8-5-19)9-11-29-10-6-20-18(24)25/h2-3,12,20,22,26H,4-11,13H2,1H3,(H,24,25)/b21-16+. The molecule has 12 heteroatoms. The summed E-state index contributed by atoms with van der Waals surface area (Å²) in [5, 5.41) is 23.8. The van der Waals surface area contributed by atoms with Crippen LogP contribution in [-0.2, 0) is 14.8 Å². The van der Waals surface area contributed by atoms with E-state index in [1.165, 1.54) is 0 Å². The van der Waals surface area contributed by atoms with Gasteiger partial charge in [0.15, 0.2) is 0 Å². The lowest BCUT2D eigenvalue weighted by Crippen LogP contribution is -2.51. The molecule has 2 aliphatic rings. The summed E-state index contributed by atoms with van der Waals surface area (Å²) in [6, 6.07) is 4.93. The summed E-state index contributed by atoms with van der Waals surface area (Å²) < 4.78 is 37.2. The van der Waals surface area contributed by atoms with E-state index in [0.717, 1.165) is 38.7 Å². The molecule has 11 nitrogen and oxygen atoms in total. The lowest BCUT2D eigenvalue weighted by atomic mass is 9.82. The molecule has 2 aliphatic heterocycles. The van der Waals surface area contributed by atoms with Crippen LogP contribution in [0.4, 0.5) is 10.5 Å². The highest BCUT2D eigenvalue weighted by Crippen LogP contribution is 2.40. The van der Waals surface area contributed by atoms with Gasteiger partial charge in [-0.2, -0.15) is 0 Å².